The summed E-state index contributed by atoms with van der Waals surface area (Å²) in [5, 5.41) is 35.4. The number of hydrogen-bond acceptors (Lipinski definition) is 10. The number of ketones is 1. The van der Waals surface area contributed by atoms with E-state index in [2.05, 4.69) is 6.58 Å². The maximum atomic E-state index is 13.8. The fourth-order valence-corrected chi connectivity index (χ4v) is 6.91. The predicted molar refractivity (Wildman–Crippen MR) is 130 cm³/mol. The maximum absolute atomic E-state index is 13.8. The molecule has 3 aliphatic rings. The van der Waals surface area contributed by atoms with Gasteiger partial charge in [-0.1, -0.05) is 26.8 Å². The molecular formula is C26H41NO10. The Morgan fingerprint density at radius 3 is 2.32 bits per heavy atom. The van der Waals surface area contributed by atoms with E-state index >= 15 is 0 Å². The highest BCUT2D eigenvalue weighted by Gasteiger charge is 2.81. The van der Waals surface area contributed by atoms with Gasteiger partial charge < -0.3 is 34.4 Å². The molecule has 0 bridgehead atoms. The highest BCUT2D eigenvalue weighted by molar-refractivity contribution is 5.92. The van der Waals surface area contributed by atoms with Crippen LogP contribution in [0.25, 0.3) is 0 Å². The zero-order chi connectivity index (χ0) is 28.4. The number of amides is 1. The Bertz CT molecular complexity index is 980. The molecule has 0 aromatic carbocycles. The molecule has 0 radical (unpaired) electrons. The second kappa shape index (κ2) is 9.01. The van der Waals surface area contributed by atoms with E-state index in [0.29, 0.717) is 6.42 Å². The molecule has 1 heterocycles. The molecule has 37 heavy (non-hydrogen) atoms. The van der Waals surface area contributed by atoms with Crippen molar-refractivity contribution in [1.82, 2.24) is 5.48 Å². The SMILES string of the molecule is C=C[C@@]1(C)CC(=O)[C@]2(O)[C@@]3(C)[C@@H](O)CCC(C)(C)[C@@H]3[C@H](O)[C@H](OC(=O)NOC(=O)C(C)(C)OC)[C@@]2(C)O1. The molecule has 0 unspecified atom stereocenters. The van der Waals surface area contributed by atoms with Gasteiger partial charge in [-0.25, -0.2) is 9.59 Å². The fraction of sp³-hybridized carbons (Fsp3) is 0.808. The monoisotopic (exact) mass is 527 g/mol. The van der Waals surface area contributed by atoms with Crippen LogP contribution in [0, 0.1) is 16.7 Å². The number of carbonyl (C=O) groups is 3. The maximum Gasteiger partial charge on any atom is 0.441 e. The Morgan fingerprint density at radius 2 is 1.78 bits per heavy atom. The first-order chi connectivity index (χ1) is 16.8. The van der Waals surface area contributed by atoms with Gasteiger partial charge in [-0.3, -0.25) is 4.79 Å². The number of Topliss-reactive ketones (excluding diaryl/α,β-unsaturated/α-hetero) is 1. The van der Waals surface area contributed by atoms with Gasteiger partial charge in [0.1, 0.15) is 5.60 Å². The van der Waals surface area contributed by atoms with Crippen LogP contribution < -0.4 is 5.48 Å². The van der Waals surface area contributed by atoms with Gasteiger partial charge in [-0.15, -0.1) is 12.1 Å². The summed E-state index contributed by atoms with van der Waals surface area (Å²) in [5.41, 5.74) is -7.34. The lowest BCUT2D eigenvalue weighted by Crippen LogP contribution is -2.86. The molecular weight excluding hydrogens is 486 g/mol. The van der Waals surface area contributed by atoms with Crippen molar-refractivity contribution in [2.45, 2.75) is 108 Å². The van der Waals surface area contributed by atoms with E-state index < -0.39 is 75.3 Å². The first kappa shape index (κ1) is 29.5. The van der Waals surface area contributed by atoms with Crippen LogP contribution in [0.15, 0.2) is 12.7 Å². The summed E-state index contributed by atoms with van der Waals surface area (Å²) >= 11 is 0. The number of hydroxylamine groups is 1. The Balaban J connectivity index is 2.09. The molecule has 2 saturated carbocycles. The lowest BCUT2D eigenvalue weighted by atomic mass is 9.40. The highest BCUT2D eigenvalue weighted by atomic mass is 16.7. The van der Waals surface area contributed by atoms with Crippen LogP contribution in [0.5, 0.6) is 0 Å². The molecule has 3 fully saturated rings. The first-order valence-corrected chi connectivity index (χ1v) is 12.5. The third kappa shape index (κ3) is 4.10. The highest BCUT2D eigenvalue weighted by Crippen LogP contribution is 2.67. The lowest BCUT2D eigenvalue weighted by Gasteiger charge is -2.71. The van der Waals surface area contributed by atoms with Gasteiger partial charge in [-0.05, 0) is 46.0 Å². The number of ether oxygens (including phenoxy) is 3. The number of methoxy groups -OCH3 is 1. The zero-order valence-electron chi connectivity index (χ0n) is 22.9. The van der Waals surface area contributed by atoms with Crippen molar-refractivity contribution < 1.29 is 48.8 Å². The van der Waals surface area contributed by atoms with E-state index in [1.807, 2.05) is 19.3 Å². The molecule has 1 saturated heterocycles. The topological polar surface area (TPSA) is 161 Å². The summed E-state index contributed by atoms with van der Waals surface area (Å²) in [4.78, 5) is 43.7. The molecule has 2 aliphatic carbocycles. The average Bonchev–Trinajstić information content (AvgIpc) is 2.80. The molecule has 0 aromatic heterocycles. The van der Waals surface area contributed by atoms with Gasteiger partial charge in [0.15, 0.2) is 23.1 Å². The molecule has 3 rings (SSSR count). The van der Waals surface area contributed by atoms with E-state index in [1.165, 1.54) is 34.0 Å². The van der Waals surface area contributed by atoms with Crippen molar-refractivity contribution in [2.24, 2.45) is 16.7 Å². The molecule has 8 atom stereocenters. The number of nitrogens with one attached hydrogen (secondary N) is 1. The second-order valence-corrected chi connectivity index (χ2v) is 12.4. The van der Waals surface area contributed by atoms with Crippen LogP contribution in [-0.4, -0.2) is 81.0 Å². The van der Waals surface area contributed by atoms with Gasteiger partial charge in [0.25, 0.3) is 0 Å². The van der Waals surface area contributed by atoms with Crippen LogP contribution in [0.4, 0.5) is 4.79 Å². The quantitative estimate of drug-likeness (QED) is 0.312. The van der Waals surface area contributed by atoms with Gasteiger partial charge >= 0.3 is 12.1 Å². The van der Waals surface area contributed by atoms with Crippen molar-refractivity contribution in [2.75, 3.05) is 7.11 Å². The molecule has 1 amide bonds. The molecule has 11 nitrogen and oxygen atoms in total. The predicted octanol–water partition coefficient (Wildman–Crippen LogP) is 1.57. The number of rotatable bonds is 4. The van der Waals surface area contributed by atoms with Gasteiger partial charge in [0, 0.05) is 24.9 Å². The standard InChI is InChI=1S/C26H41NO10/c1-10-23(6)13-15(29)26(33)24(7)14(28)11-12-21(2,3)17(24)16(30)18(25(26,8)37-23)35-20(32)27-36-19(31)22(4,5)34-9/h10,14,16-18,28,30,33H,1,11-13H2,2-9H3,(H,27,32)/t14-,16-,17-,18-,23-,24-,25+,26-/m0/s1. The molecule has 1 aliphatic heterocycles. The minimum Gasteiger partial charge on any atom is -0.438 e. The van der Waals surface area contributed by atoms with Crippen LogP contribution in [0.3, 0.4) is 0 Å². The van der Waals surface area contributed by atoms with Crippen molar-refractivity contribution in [1.29, 1.82) is 0 Å². The zero-order valence-corrected chi connectivity index (χ0v) is 22.9. The summed E-state index contributed by atoms with van der Waals surface area (Å²) in [6.45, 7) is 14.9. The third-order valence-corrected chi connectivity index (χ3v) is 9.19. The van der Waals surface area contributed by atoms with Crippen molar-refractivity contribution in [3.63, 3.8) is 0 Å². The number of hydrogen-bond donors (Lipinski definition) is 4. The Labute approximate surface area is 217 Å². The van der Waals surface area contributed by atoms with E-state index in [9.17, 15) is 29.7 Å². The van der Waals surface area contributed by atoms with Crippen molar-refractivity contribution >= 4 is 17.8 Å². The largest absolute Gasteiger partial charge is 0.441 e. The summed E-state index contributed by atoms with van der Waals surface area (Å²) in [5.74, 6) is -2.41. The summed E-state index contributed by atoms with van der Waals surface area (Å²) < 4.78 is 16.9. The van der Waals surface area contributed by atoms with E-state index in [4.69, 9.17) is 19.0 Å². The fourth-order valence-electron chi connectivity index (χ4n) is 6.91. The van der Waals surface area contributed by atoms with Crippen LogP contribution in [0.1, 0.15) is 67.7 Å². The third-order valence-electron chi connectivity index (χ3n) is 9.19. The van der Waals surface area contributed by atoms with Gasteiger partial charge in [0.2, 0.25) is 0 Å². The van der Waals surface area contributed by atoms with E-state index in [0.717, 1.165) is 0 Å². The Hall–Kier alpha value is -2.05. The normalized spacial score (nSPS) is 43.2. The average molecular weight is 528 g/mol. The van der Waals surface area contributed by atoms with Crippen LogP contribution >= 0.6 is 0 Å². The first-order valence-electron chi connectivity index (χ1n) is 12.5. The van der Waals surface area contributed by atoms with Crippen LogP contribution in [0.2, 0.25) is 0 Å². The minimum absolute atomic E-state index is 0.239. The van der Waals surface area contributed by atoms with Crippen molar-refractivity contribution in [3.05, 3.63) is 12.7 Å². The molecule has 4 N–H and O–H groups in total. The minimum atomic E-state index is -2.36. The number of carbonyl (C=O) groups excluding carboxylic acids is 3. The smallest absolute Gasteiger partial charge is 0.438 e. The molecule has 210 valence electrons. The Morgan fingerprint density at radius 1 is 1.19 bits per heavy atom. The molecule has 0 spiro atoms. The van der Waals surface area contributed by atoms with Crippen LogP contribution in [-0.2, 0) is 28.6 Å². The Kier molecular flexibility index (Phi) is 7.19. The number of aliphatic hydroxyl groups is 3. The van der Waals surface area contributed by atoms with Crippen molar-refractivity contribution in [3.8, 4) is 0 Å². The number of fused-ring (bicyclic) bond motifs is 3. The molecule has 11 heteroatoms. The second-order valence-electron chi connectivity index (χ2n) is 12.4. The van der Waals surface area contributed by atoms with E-state index in [-0.39, 0.29) is 12.8 Å². The lowest BCUT2D eigenvalue weighted by molar-refractivity contribution is -0.369. The number of aliphatic hydroxyl groups excluding tert-OH is 2. The summed E-state index contributed by atoms with van der Waals surface area (Å²) in [7, 11) is 1.30. The van der Waals surface area contributed by atoms with Gasteiger partial charge in [-0.2, -0.15) is 0 Å². The van der Waals surface area contributed by atoms with Gasteiger partial charge in [0.05, 0.1) is 17.8 Å². The summed E-state index contributed by atoms with van der Waals surface area (Å²) in [6.07, 6.45) is -3.55. The van der Waals surface area contributed by atoms with E-state index in [1.54, 1.807) is 13.8 Å². The molecule has 0 aromatic rings. The summed E-state index contributed by atoms with van der Waals surface area (Å²) in [6, 6.07) is 0.